The zero-order valence-corrected chi connectivity index (χ0v) is 13.9. The number of aromatic nitrogens is 1. The van der Waals surface area contributed by atoms with Gasteiger partial charge in [-0.3, -0.25) is 15.1 Å². The van der Waals surface area contributed by atoms with Crippen molar-refractivity contribution in [2.45, 2.75) is 0 Å². The number of carbonyl (C=O) groups excluding carboxylic acids is 1. The number of benzene rings is 2. The Morgan fingerprint density at radius 2 is 1.56 bits per heavy atom. The molecule has 0 saturated carbocycles. The minimum absolute atomic E-state index is 0.536. The predicted molar refractivity (Wildman–Crippen MR) is 97.9 cm³/mol. The van der Waals surface area contributed by atoms with Crippen LogP contribution < -0.4 is 5.32 Å². The van der Waals surface area contributed by atoms with Crippen LogP contribution in [0.5, 0.6) is 0 Å². The number of oxime groups is 1. The molecule has 0 saturated heterocycles. The fourth-order valence-corrected chi connectivity index (χ4v) is 2.26. The molecule has 3 aromatic rings. The number of rotatable bonds is 4. The standard InChI is InChI=1S/C19H14ClN3O2/c20-16-6-8-17(9-7-16)22-19(24)25-23-18(14-4-2-1-3-5-14)15-10-12-21-13-11-15/h1-13H,(H,22,24). The van der Waals surface area contributed by atoms with E-state index >= 15 is 0 Å². The van der Waals surface area contributed by atoms with Crippen LogP contribution in [0.3, 0.4) is 0 Å². The van der Waals surface area contributed by atoms with Crippen LogP contribution in [0, 0.1) is 0 Å². The van der Waals surface area contributed by atoms with Crippen molar-refractivity contribution in [3.63, 3.8) is 0 Å². The fraction of sp³-hybridized carbons (Fsp3) is 0. The molecule has 0 bridgehead atoms. The molecule has 0 aliphatic rings. The minimum Gasteiger partial charge on any atom is -0.297 e. The van der Waals surface area contributed by atoms with Gasteiger partial charge in [0.05, 0.1) is 0 Å². The van der Waals surface area contributed by atoms with E-state index in [1.165, 1.54) is 0 Å². The quantitative estimate of drug-likeness (QED) is 0.419. The van der Waals surface area contributed by atoms with Gasteiger partial charge in [-0.2, -0.15) is 0 Å². The van der Waals surface area contributed by atoms with Gasteiger partial charge in [0.1, 0.15) is 5.71 Å². The van der Waals surface area contributed by atoms with E-state index in [9.17, 15) is 4.79 Å². The molecular weight excluding hydrogens is 338 g/mol. The van der Waals surface area contributed by atoms with Crippen LogP contribution in [-0.4, -0.2) is 16.8 Å². The lowest BCUT2D eigenvalue weighted by atomic mass is 10.0. The molecular formula is C19H14ClN3O2. The van der Waals surface area contributed by atoms with Gasteiger partial charge in [-0.25, -0.2) is 4.79 Å². The highest BCUT2D eigenvalue weighted by atomic mass is 35.5. The van der Waals surface area contributed by atoms with E-state index in [0.29, 0.717) is 16.4 Å². The maximum absolute atomic E-state index is 12.0. The van der Waals surface area contributed by atoms with E-state index < -0.39 is 6.09 Å². The molecule has 1 aromatic heterocycles. The maximum Gasteiger partial charge on any atom is 0.437 e. The summed E-state index contributed by atoms with van der Waals surface area (Å²) in [5, 5.41) is 7.20. The first-order valence-electron chi connectivity index (χ1n) is 7.50. The lowest BCUT2D eigenvalue weighted by Gasteiger charge is -2.07. The van der Waals surface area contributed by atoms with E-state index in [0.717, 1.165) is 11.1 Å². The fourth-order valence-electron chi connectivity index (χ4n) is 2.14. The molecule has 1 amide bonds. The number of pyridine rings is 1. The highest BCUT2D eigenvalue weighted by molar-refractivity contribution is 6.30. The molecule has 0 unspecified atom stereocenters. The van der Waals surface area contributed by atoms with E-state index in [1.807, 2.05) is 30.3 Å². The summed E-state index contributed by atoms with van der Waals surface area (Å²) >= 11 is 5.82. The second-order valence-electron chi connectivity index (χ2n) is 5.05. The number of amides is 1. The summed E-state index contributed by atoms with van der Waals surface area (Å²) in [4.78, 5) is 21.0. The number of hydrogen-bond donors (Lipinski definition) is 1. The van der Waals surface area contributed by atoms with Crippen molar-refractivity contribution in [1.82, 2.24) is 4.98 Å². The van der Waals surface area contributed by atoms with E-state index in [4.69, 9.17) is 16.4 Å². The summed E-state index contributed by atoms with van der Waals surface area (Å²) in [6.45, 7) is 0. The summed E-state index contributed by atoms with van der Waals surface area (Å²) in [5.74, 6) is 0. The van der Waals surface area contributed by atoms with Crippen LogP contribution in [0.25, 0.3) is 0 Å². The van der Waals surface area contributed by atoms with Gasteiger partial charge in [-0.1, -0.05) is 47.1 Å². The Morgan fingerprint density at radius 1 is 0.920 bits per heavy atom. The summed E-state index contributed by atoms with van der Waals surface area (Å²) in [5.41, 5.74) is 2.72. The van der Waals surface area contributed by atoms with Crippen LogP contribution >= 0.6 is 11.6 Å². The number of nitrogens with zero attached hydrogens (tertiary/aromatic N) is 2. The number of anilines is 1. The molecule has 3 rings (SSSR count). The van der Waals surface area contributed by atoms with E-state index in [2.05, 4.69) is 15.5 Å². The van der Waals surface area contributed by atoms with Gasteiger partial charge < -0.3 is 0 Å². The van der Waals surface area contributed by atoms with Gasteiger partial charge in [-0.05, 0) is 36.4 Å². The zero-order valence-electron chi connectivity index (χ0n) is 13.1. The van der Waals surface area contributed by atoms with Crippen molar-refractivity contribution >= 4 is 29.1 Å². The van der Waals surface area contributed by atoms with E-state index in [1.54, 1.807) is 48.8 Å². The normalized spacial score (nSPS) is 11.0. The van der Waals surface area contributed by atoms with Crippen molar-refractivity contribution in [3.05, 3.63) is 95.3 Å². The molecule has 1 N–H and O–H groups in total. The van der Waals surface area contributed by atoms with Crippen LogP contribution in [0.2, 0.25) is 5.02 Å². The van der Waals surface area contributed by atoms with Gasteiger partial charge in [0.15, 0.2) is 0 Å². The molecule has 5 nitrogen and oxygen atoms in total. The van der Waals surface area contributed by atoms with Crippen molar-refractivity contribution in [2.75, 3.05) is 5.32 Å². The third-order valence-corrected chi connectivity index (χ3v) is 3.56. The monoisotopic (exact) mass is 351 g/mol. The predicted octanol–water partition coefficient (Wildman–Crippen LogP) is 4.74. The lowest BCUT2D eigenvalue weighted by molar-refractivity contribution is 0.166. The van der Waals surface area contributed by atoms with Crippen molar-refractivity contribution < 1.29 is 9.63 Å². The van der Waals surface area contributed by atoms with Crippen molar-refractivity contribution in [1.29, 1.82) is 0 Å². The lowest BCUT2D eigenvalue weighted by Crippen LogP contribution is -2.13. The minimum atomic E-state index is -0.690. The molecule has 1 heterocycles. The summed E-state index contributed by atoms with van der Waals surface area (Å²) in [7, 11) is 0. The van der Waals surface area contributed by atoms with Crippen LogP contribution in [0.15, 0.2) is 84.3 Å². The summed E-state index contributed by atoms with van der Waals surface area (Å²) in [6, 6.07) is 19.8. The van der Waals surface area contributed by atoms with Crippen LogP contribution in [-0.2, 0) is 4.84 Å². The Balaban J connectivity index is 1.79. The molecule has 0 spiro atoms. The molecule has 0 aliphatic heterocycles. The molecule has 6 heteroatoms. The first kappa shape index (κ1) is 16.7. The topological polar surface area (TPSA) is 63.6 Å². The number of carbonyl (C=O) groups is 1. The Bertz CT molecular complexity index is 825. The SMILES string of the molecule is O=C(Nc1ccc(Cl)cc1)ON=C(c1ccccc1)c1ccncc1. The third kappa shape index (κ3) is 4.65. The molecule has 0 atom stereocenters. The third-order valence-electron chi connectivity index (χ3n) is 3.31. The first-order chi connectivity index (χ1) is 12.2. The van der Waals surface area contributed by atoms with Gasteiger partial charge in [0, 0.05) is 34.2 Å². The van der Waals surface area contributed by atoms with Crippen LogP contribution in [0.4, 0.5) is 10.5 Å². The van der Waals surface area contributed by atoms with E-state index in [-0.39, 0.29) is 0 Å². The zero-order chi connectivity index (χ0) is 17.5. The number of halogens is 1. The number of hydrogen-bond acceptors (Lipinski definition) is 4. The number of nitrogens with one attached hydrogen (secondary N) is 1. The first-order valence-corrected chi connectivity index (χ1v) is 7.87. The average molecular weight is 352 g/mol. The second-order valence-corrected chi connectivity index (χ2v) is 5.49. The molecule has 2 aromatic carbocycles. The van der Waals surface area contributed by atoms with Gasteiger partial charge >= 0.3 is 6.09 Å². The van der Waals surface area contributed by atoms with Crippen molar-refractivity contribution in [3.8, 4) is 0 Å². The Kier molecular flexibility index (Phi) is 5.39. The van der Waals surface area contributed by atoms with Gasteiger partial charge in [0.25, 0.3) is 0 Å². The average Bonchev–Trinajstić information content (AvgIpc) is 2.66. The van der Waals surface area contributed by atoms with Gasteiger partial charge in [-0.15, -0.1) is 0 Å². The molecule has 0 fully saturated rings. The summed E-state index contributed by atoms with van der Waals surface area (Å²) < 4.78 is 0. The molecule has 25 heavy (non-hydrogen) atoms. The highest BCUT2D eigenvalue weighted by Crippen LogP contribution is 2.14. The smallest absolute Gasteiger partial charge is 0.297 e. The molecule has 0 aliphatic carbocycles. The van der Waals surface area contributed by atoms with Crippen molar-refractivity contribution in [2.24, 2.45) is 5.16 Å². The summed E-state index contributed by atoms with van der Waals surface area (Å²) in [6.07, 6.45) is 2.62. The Hall–Kier alpha value is -3.18. The highest BCUT2D eigenvalue weighted by Gasteiger charge is 2.10. The second kappa shape index (κ2) is 8.08. The Labute approximate surface area is 149 Å². The largest absolute Gasteiger partial charge is 0.437 e. The molecule has 124 valence electrons. The maximum atomic E-state index is 12.0. The van der Waals surface area contributed by atoms with Crippen LogP contribution in [0.1, 0.15) is 11.1 Å². The van der Waals surface area contributed by atoms with Gasteiger partial charge in [0.2, 0.25) is 0 Å². The Morgan fingerprint density at radius 3 is 2.24 bits per heavy atom. The molecule has 0 radical (unpaired) electrons.